The molecule has 0 bridgehead atoms. The van der Waals surface area contributed by atoms with Gasteiger partial charge in [-0.3, -0.25) is 0 Å². The van der Waals surface area contributed by atoms with Crippen molar-refractivity contribution in [2.75, 3.05) is 18.9 Å². The predicted octanol–water partition coefficient (Wildman–Crippen LogP) is 2.02. The molecule has 0 aliphatic carbocycles. The minimum absolute atomic E-state index is 0.589. The van der Waals surface area contributed by atoms with Crippen LogP contribution < -0.4 is 10.5 Å². The lowest BCUT2D eigenvalue weighted by molar-refractivity contribution is 0.341. The van der Waals surface area contributed by atoms with Crippen LogP contribution in [-0.2, 0) is 6.54 Å². The van der Waals surface area contributed by atoms with Gasteiger partial charge in [0.05, 0.1) is 6.61 Å². The van der Waals surface area contributed by atoms with Crippen LogP contribution in [0.5, 0.6) is 5.75 Å². The number of thioether (sulfide) groups is 1. The van der Waals surface area contributed by atoms with Gasteiger partial charge in [-0.15, -0.1) is 10.2 Å². The van der Waals surface area contributed by atoms with E-state index in [4.69, 9.17) is 10.5 Å². The Labute approximate surface area is 123 Å². The highest BCUT2D eigenvalue weighted by atomic mass is 32.2. The van der Waals surface area contributed by atoms with Gasteiger partial charge in [0.15, 0.2) is 5.16 Å². The molecule has 0 aliphatic heterocycles. The molecule has 6 heteroatoms. The highest BCUT2D eigenvalue weighted by molar-refractivity contribution is 7.99. The number of nitrogens with two attached hydrogens (primary N) is 1. The van der Waals surface area contributed by atoms with E-state index in [0.717, 1.165) is 34.6 Å². The predicted molar refractivity (Wildman–Crippen MR) is 81.2 cm³/mol. The van der Waals surface area contributed by atoms with E-state index in [9.17, 15) is 0 Å². The maximum atomic E-state index is 5.76. The molecule has 0 amide bonds. The molecule has 0 fully saturated rings. The van der Waals surface area contributed by atoms with E-state index in [1.807, 2.05) is 42.7 Å². The highest BCUT2D eigenvalue weighted by Crippen LogP contribution is 2.19. The van der Waals surface area contributed by atoms with E-state index >= 15 is 0 Å². The van der Waals surface area contributed by atoms with Crippen molar-refractivity contribution >= 4 is 11.8 Å². The summed E-state index contributed by atoms with van der Waals surface area (Å²) in [6, 6.07) is 8.02. The third-order valence-electron chi connectivity index (χ3n) is 2.92. The van der Waals surface area contributed by atoms with Crippen molar-refractivity contribution in [2.45, 2.75) is 25.5 Å². The summed E-state index contributed by atoms with van der Waals surface area (Å²) in [5.41, 5.74) is 6.75. The molecule has 1 aromatic heterocycles. The molecule has 0 radical (unpaired) electrons. The average molecular weight is 292 g/mol. The maximum absolute atomic E-state index is 5.76. The van der Waals surface area contributed by atoms with E-state index in [2.05, 4.69) is 10.2 Å². The summed E-state index contributed by atoms with van der Waals surface area (Å²) in [4.78, 5) is 0. The molecule has 1 heterocycles. The fraction of sp³-hybridized carbons (Fsp3) is 0.429. The lowest BCUT2D eigenvalue weighted by Gasteiger charge is -2.09. The molecular weight excluding hydrogens is 272 g/mol. The Balaban J connectivity index is 1.83. The Bertz CT molecular complexity index is 556. The number of benzene rings is 1. The number of hydrogen-bond acceptors (Lipinski definition) is 5. The third-order valence-corrected chi connectivity index (χ3v) is 3.85. The first-order valence-corrected chi connectivity index (χ1v) is 7.62. The minimum atomic E-state index is 0.589. The number of hydrogen-bond donors (Lipinski definition) is 1. The number of nitrogens with zero attached hydrogens (tertiary/aromatic N) is 3. The standard InChI is InChI=1S/C14H20N4OS/c1-11-5-3-4-6-13(11)19-9-10-20-14-17-16-12(2)18(14)8-7-15/h3-6H,7-10,15H2,1-2H3. The van der Waals surface area contributed by atoms with Gasteiger partial charge in [0, 0.05) is 18.8 Å². The molecule has 0 saturated carbocycles. The normalized spacial score (nSPS) is 10.8. The van der Waals surface area contributed by atoms with Crippen LogP contribution in [0.2, 0.25) is 0 Å². The summed E-state index contributed by atoms with van der Waals surface area (Å²) in [6.45, 7) is 5.97. The number of ether oxygens (including phenoxy) is 1. The van der Waals surface area contributed by atoms with Crippen molar-refractivity contribution in [3.8, 4) is 5.75 Å². The summed E-state index contributed by atoms with van der Waals surface area (Å²) in [6.07, 6.45) is 0. The summed E-state index contributed by atoms with van der Waals surface area (Å²) >= 11 is 1.64. The summed E-state index contributed by atoms with van der Waals surface area (Å²) in [5.74, 6) is 2.67. The summed E-state index contributed by atoms with van der Waals surface area (Å²) in [7, 11) is 0. The van der Waals surface area contributed by atoms with Crippen LogP contribution in [0.25, 0.3) is 0 Å². The smallest absolute Gasteiger partial charge is 0.191 e. The van der Waals surface area contributed by atoms with Gasteiger partial charge < -0.3 is 15.0 Å². The molecule has 5 nitrogen and oxygen atoms in total. The third kappa shape index (κ3) is 3.74. The van der Waals surface area contributed by atoms with Crippen LogP contribution in [0, 0.1) is 13.8 Å². The molecule has 0 unspecified atom stereocenters. The van der Waals surface area contributed by atoms with Crippen molar-refractivity contribution in [1.82, 2.24) is 14.8 Å². The molecule has 108 valence electrons. The van der Waals surface area contributed by atoms with Crippen LogP contribution in [-0.4, -0.2) is 33.7 Å². The largest absolute Gasteiger partial charge is 0.492 e. The second kappa shape index (κ2) is 7.31. The fourth-order valence-electron chi connectivity index (χ4n) is 1.86. The van der Waals surface area contributed by atoms with Gasteiger partial charge in [-0.05, 0) is 25.5 Å². The first kappa shape index (κ1) is 14.9. The Morgan fingerprint density at radius 3 is 2.80 bits per heavy atom. The van der Waals surface area contributed by atoms with Crippen LogP contribution in [0.15, 0.2) is 29.4 Å². The maximum Gasteiger partial charge on any atom is 0.191 e. The van der Waals surface area contributed by atoms with Crippen molar-refractivity contribution < 1.29 is 4.74 Å². The molecule has 0 saturated heterocycles. The lowest BCUT2D eigenvalue weighted by Crippen LogP contribution is -2.12. The first-order chi connectivity index (χ1) is 9.72. The molecule has 0 spiro atoms. The van der Waals surface area contributed by atoms with Gasteiger partial charge in [0.25, 0.3) is 0 Å². The Hall–Kier alpha value is -1.53. The SMILES string of the molecule is Cc1ccccc1OCCSc1nnc(C)n1CCN. The van der Waals surface area contributed by atoms with Crippen molar-refractivity contribution in [2.24, 2.45) is 5.73 Å². The molecule has 0 atom stereocenters. The van der Waals surface area contributed by atoms with Crippen LogP contribution >= 0.6 is 11.8 Å². The van der Waals surface area contributed by atoms with E-state index in [0.29, 0.717) is 13.2 Å². The van der Waals surface area contributed by atoms with E-state index in [1.54, 1.807) is 11.8 Å². The number of rotatable bonds is 7. The quantitative estimate of drug-likeness (QED) is 0.625. The van der Waals surface area contributed by atoms with Crippen molar-refractivity contribution in [3.05, 3.63) is 35.7 Å². The summed E-state index contributed by atoms with van der Waals surface area (Å²) < 4.78 is 7.80. The van der Waals surface area contributed by atoms with Crippen molar-refractivity contribution in [1.29, 1.82) is 0 Å². The molecule has 20 heavy (non-hydrogen) atoms. The van der Waals surface area contributed by atoms with Gasteiger partial charge in [-0.25, -0.2) is 0 Å². The topological polar surface area (TPSA) is 66.0 Å². The Morgan fingerprint density at radius 1 is 1.25 bits per heavy atom. The first-order valence-electron chi connectivity index (χ1n) is 6.63. The lowest BCUT2D eigenvalue weighted by atomic mass is 10.2. The zero-order valence-electron chi connectivity index (χ0n) is 11.9. The number of aromatic nitrogens is 3. The molecule has 2 N–H and O–H groups in total. The molecule has 2 aromatic rings. The second-order valence-corrected chi connectivity index (χ2v) is 5.49. The molecular formula is C14H20N4OS. The Kier molecular flexibility index (Phi) is 5.43. The van der Waals surface area contributed by atoms with Crippen molar-refractivity contribution in [3.63, 3.8) is 0 Å². The van der Waals surface area contributed by atoms with Gasteiger partial charge in [-0.2, -0.15) is 0 Å². The monoisotopic (exact) mass is 292 g/mol. The molecule has 2 rings (SSSR count). The van der Waals surface area contributed by atoms with Crippen LogP contribution in [0.4, 0.5) is 0 Å². The zero-order valence-corrected chi connectivity index (χ0v) is 12.7. The summed E-state index contributed by atoms with van der Waals surface area (Å²) in [5, 5.41) is 9.15. The minimum Gasteiger partial charge on any atom is -0.492 e. The van der Waals surface area contributed by atoms with E-state index < -0.39 is 0 Å². The fourth-order valence-corrected chi connectivity index (χ4v) is 2.68. The van der Waals surface area contributed by atoms with Gasteiger partial charge in [0.2, 0.25) is 0 Å². The number of aryl methyl sites for hydroxylation is 2. The van der Waals surface area contributed by atoms with Crippen LogP contribution in [0.1, 0.15) is 11.4 Å². The van der Waals surface area contributed by atoms with Gasteiger partial charge in [-0.1, -0.05) is 30.0 Å². The second-order valence-electron chi connectivity index (χ2n) is 4.43. The molecule has 0 aliphatic rings. The average Bonchev–Trinajstić information content (AvgIpc) is 2.79. The Morgan fingerprint density at radius 2 is 2.05 bits per heavy atom. The van der Waals surface area contributed by atoms with E-state index in [-0.39, 0.29) is 0 Å². The highest BCUT2D eigenvalue weighted by Gasteiger charge is 2.08. The zero-order chi connectivity index (χ0) is 14.4. The number of para-hydroxylation sites is 1. The van der Waals surface area contributed by atoms with Gasteiger partial charge >= 0.3 is 0 Å². The van der Waals surface area contributed by atoms with Crippen LogP contribution in [0.3, 0.4) is 0 Å². The van der Waals surface area contributed by atoms with Gasteiger partial charge in [0.1, 0.15) is 11.6 Å². The molecule has 1 aromatic carbocycles. The van der Waals surface area contributed by atoms with E-state index in [1.165, 1.54) is 0 Å².